The molecular weight excluding hydrogens is 266 g/mol. The molecule has 4 heteroatoms. The van der Waals surface area contributed by atoms with E-state index in [9.17, 15) is 9.90 Å². The molecule has 0 bridgehead atoms. The summed E-state index contributed by atoms with van der Waals surface area (Å²) in [5.41, 5.74) is -0.795. The van der Waals surface area contributed by atoms with E-state index in [1.54, 1.807) is 6.92 Å². The molecule has 0 amide bonds. The summed E-state index contributed by atoms with van der Waals surface area (Å²) in [6.07, 6.45) is 8.82. The van der Waals surface area contributed by atoms with Crippen LogP contribution in [0.15, 0.2) is 0 Å². The molecule has 1 fully saturated rings. The molecule has 0 radical (unpaired) electrons. The SMILES string of the molecule is CCCNC(C)(CCCCOC1CCC(C)CC1)C(=O)O. The summed E-state index contributed by atoms with van der Waals surface area (Å²) in [5, 5.41) is 12.5. The van der Waals surface area contributed by atoms with Crippen LogP contribution in [-0.2, 0) is 9.53 Å². The molecule has 0 aromatic heterocycles. The first-order chi connectivity index (χ1) is 9.98. The minimum absolute atomic E-state index is 0.435. The fraction of sp³-hybridized carbons (Fsp3) is 0.941. The lowest BCUT2D eigenvalue weighted by atomic mass is 9.89. The van der Waals surface area contributed by atoms with E-state index in [1.807, 2.05) is 6.92 Å². The molecule has 0 aromatic carbocycles. The Morgan fingerprint density at radius 2 is 1.95 bits per heavy atom. The van der Waals surface area contributed by atoms with Crippen LogP contribution in [0, 0.1) is 5.92 Å². The van der Waals surface area contributed by atoms with Gasteiger partial charge in [-0.1, -0.05) is 13.8 Å². The number of hydrogen-bond donors (Lipinski definition) is 2. The van der Waals surface area contributed by atoms with E-state index in [1.165, 1.54) is 25.7 Å². The van der Waals surface area contributed by atoms with Crippen molar-refractivity contribution in [3.05, 3.63) is 0 Å². The average Bonchev–Trinajstić information content (AvgIpc) is 2.46. The maximum atomic E-state index is 11.4. The average molecular weight is 299 g/mol. The molecule has 1 unspecified atom stereocenters. The lowest BCUT2D eigenvalue weighted by Gasteiger charge is -2.27. The van der Waals surface area contributed by atoms with Crippen molar-refractivity contribution in [2.75, 3.05) is 13.2 Å². The largest absolute Gasteiger partial charge is 0.480 e. The number of unbranched alkanes of at least 4 members (excludes halogenated alkanes) is 1. The zero-order valence-electron chi connectivity index (χ0n) is 14.0. The lowest BCUT2D eigenvalue weighted by molar-refractivity contribution is -0.144. The summed E-state index contributed by atoms with van der Waals surface area (Å²) in [7, 11) is 0. The molecule has 4 nitrogen and oxygen atoms in total. The normalized spacial score (nSPS) is 25.5. The van der Waals surface area contributed by atoms with E-state index in [4.69, 9.17) is 4.74 Å². The predicted molar refractivity (Wildman–Crippen MR) is 85.6 cm³/mol. The highest BCUT2D eigenvalue weighted by Crippen LogP contribution is 2.25. The van der Waals surface area contributed by atoms with Gasteiger partial charge in [-0.05, 0) is 70.8 Å². The van der Waals surface area contributed by atoms with Crippen LogP contribution >= 0.6 is 0 Å². The first-order valence-corrected chi connectivity index (χ1v) is 8.58. The van der Waals surface area contributed by atoms with Gasteiger partial charge in [0, 0.05) is 6.61 Å². The van der Waals surface area contributed by atoms with Gasteiger partial charge in [0.15, 0.2) is 0 Å². The van der Waals surface area contributed by atoms with Crippen LogP contribution in [0.2, 0.25) is 0 Å². The van der Waals surface area contributed by atoms with Crippen molar-refractivity contribution < 1.29 is 14.6 Å². The molecule has 124 valence electrons. The highest BCUT2D eigenvalue weighted by Gasteiger charge is 2.31. The van der Waals surface area contributed by atoms with Crippen molar-refractivity contribution in [1.29, 1.82) is 0 Å². The molecule has 0 aliphatic heterocycles. The van der Waals surface area contributed by atoms with Crippen molar-refractivity contribution in [2.24, 2.45) is 5.92 Å². The van der Waals surface area contributed by atoms with Crippen LogP contribution in [0.1, 0.15) is 72.1 Å². The zero-order chi connectivity index (χ0) is 15.7. The zero-order valence-corrected chi connectivity index (χ0v) is 14.0. The van der Waals surface area contributed by atoms with E-state index in [0.717, 1.165) is 38.3 Å². The van der Waals surface area contributed by atoms with Crippen molar-refractivity contribution in [2.45, 2.75) is 83.8 Å². The standard InChI is InChI=1S/C17H33NO3/c1-4-12-18-17(3,16(19)20)11-5-6-13-21-15-9-7-14(2)8-10-15/h14-15,18H,4-13H2,1-3H3,(H,19,20). The van der Waals surface area contributed by atoms with Gasteiger partial charge in [-0.25, -0.2) is 0 Å². The summed E-state index contributed by atoms with van der Waals surface area (Å²) in [4.78, 5) is 11.4. The Morgan fingerprint density at radius 3 is 2.52 bits per heavy atom. The molecule has 2 N–H and O–H groups in total. The van der Waals surface area contributed by atoms with Crippen LogP contribution in [0.4, 0.5) is 0 Å². The fourth-order valence-electron chi connectivity index (χ4n) is 2.90. The smallest absolute Gasteiger partial charge is 0.323 e. The topological polar surface area (TPSA) is 58.6 Å². The Bertz CT molecular complexity index is 300. The second-order valence-corrected chi connectivity index (χ2v) is 6.77. The number of aliphatic carboxylic acids is 1. The first-order valence-electron chi connectivity index (χ1n) is 8.58. The Hall–Kier alpha value is -0.610. The van der Waals surface area contributed by atoms with E-state index < -0.39 is 11.5 Å². The van der Waals surface area contributed by atoms with Crippen molar-refractivity contribution in [3.8, 4) is 0 Å². The summed E-state index contributed by atoms with van der Waals surface area (Å²) >= 11 is 0. The van der Waals surface area contributed by atoms with Crippen molar-refractivity contribution in [1.82, 2.24) is 5.32 Å². The first kappa shape index (κ1) is 18.4. The molecular formula is C17H33NO3. The number of hydrogen-bond acceptors (Lipinski definition) is 3. The molecule has 1 aliphatic rings. The Kier molecular flexibility index (Phi) is 8.27. The summed E-state index contributed by atoms with van der Waals surface area (Å²) in [5.74, 6) is 0.101. The molecule has 1 saturated carbocycles. The molecule has 0 aromatic rings. The van der Waals surface area contributed by atoms with Crippen LogP contribution in [0.25, 0.3) is 0 Å². The van der Waals surface area contributed by atoms with Crippen LogP contribution in [-0.4, -0.2) is 35.9 Å². The number of nitrogens with one attached hydrogen (secondary N) is 1. The number of carbonyl (C=O) groups is 1. The van der Waals surface area contributed by atoms with Gasteiger partial charge in [-0.3, -0.25) is 4.79 Å². The van der Waals surface area contributed by atoms with E-state index in [2.05, 4.69) is 12.2 Å². The van der Waals surface area contributed by atoms with Gasteiger partial charge in [-0.15, -0.1) is 0 Å². The second-order valence-electron chi connectivity index (χ2n) is 6.77. The van der Waals surface area contributed by atoms with E-state index in [0.29, 0.717) is 12.5 Å². The number of carboxylic acid groups (broad SMARTS) is 1. The van der Waals surface area contributed by atoms with Crippen LogP contribution in [0.3, 0.4) is 0 Å². The van der Waals surface area contributed by atoms with Crippen molar-refractivity contribution in [3.63, 3.8) is 0 Å². The number of rotatable bonds is 10. The Labute approximate surface area is 129 Å². The minimum atomic E-state index is -0.795. The summed E-state index contributed by atoms with van der Waals surface area (Å²) in [6.45, 7) is 7.66. The van der Waals surface area contributed by atoms with Crippen LogP contribution < -0.4 is 5.32 Å². The molecule has 1 aliphatic carbocycles. The molecule has 21 heavy (non-hydrogen) atoms. The van der Waals surface area contributed by atoms with Gasteiger partial charge in [0.05, 0.1) is 6.10 Å². The minimum Gasteiger partial charge on any atom is -0.480 e. The predicted octanol–water partition coefficient (Wildman–Crippen LogP) is 3.59. The highest BCUT2D eigenvalue weighted by molar-refractivity contribution is 5.78. The Balaban J connectivity index is 2.15. The number of carboxylic acids is 1. The van der Waals surface area contributed by atoms with Gasteiger partial charge >= 0.3 is 5.97 Å². The Morgan fingerprint density at radius 1 is 1.29 bits per heavy atom. The molecule has 1 atom stereocenters. The molecule has 1 rings (SSSR count). The van der Waals surface area contributed by atoms with E-state index in [-0.39, 0.29) is 0 Å². The quantitative estimate of drug-likeness (QED) is 0.605. The van der Waals surface area contributed by atoms with Crippen molar-refractivity contribution >= 4 is 5.97 Å². The van der Waals surface area contributed by atoms with Crippen LogP contribution in [0.5, 0.6) is 0 Å². The van der Waals surface area contributed by atoms with Gasteiger partial charge < -0.3 is 15.2 Å². The van der Waals surface area contributed by atoms with Gasteiger partial charge in [0.1, 0.15) is 5.54 Å². The second kappa shape index (κ2) is 9.42. The van der Waals surface area contributed by atoms with E-state index >= 15 is 0 Å². The monoisotopic (exact) mass is 299 g/mol. The third kappa shape index (κ3) is 6.79. The maximum Gasteiger partial charge on any atom is 0.323 e. The fourth-order valence-corrected chi connectivity index (χ4v) is 2.90. The maximum absolute atomic E-state index is 11.4. The third-order valence-electron chi connectivity index (χ3n) is 4.62. The molecule has 0 spiro atoms. The van der Waals surface area contributed by atoms with Gasteiger partial charge in [-0.2, -0.15) is 0 Å². The van der Waals surface area contributed by atoms with Gasteiger partial charge in [0.2, 0.25) is 0 Å². The summed E-state index contributed by atoms with van der Waals surface area (Å²) < 4.78 is 5.92. The molecule has 0 heterocycles. The highest BCUT2D eigenvalue weighted by atomic mass is 16.5. The summed E-state index contributed by atoms with van der Waals surface area (Å²) in [6, 6.07) is 0. The third-order valence-corrected chi connectivity index (χ3v) is 4.62. The van der Waals surface area contributed by atoms with Gasteiger partial charge in [0.25, 0.3) is 0 Å². The number of ether oxygens (including phenoxy) is 1. The lowest BCUT2D eigenvalue weighted by Crippen LogP contribution is -2.49. The molecule has 0 saturated heterocycles.